The zero-order chi connectivity index (χ0) is 16.8. The minimum Gasteiger partial charge on any atom is -0.369 e. The Morgan fingerprint density at radius 3 is 2.33 bits per heavy atom. The number of nitrogens with two attached hydrogens (primary N) is 1. The number of nitrogens with one attached hydrogen (secondary N) is 5. The van der Waals surface area contributed by atoms with Gasteiger partial charge in [-0.2, -0.15) is 0 Å². The quantitative estimate of drug-likeness (QED) is 0.268. The van der Waals surface area contributed by atoms with Gasteiger partial charge in [0, 0.05) is 6.04 Å². The molecule has 2 rings (SSSR count). The summed E-state index contributed by atoms with van der Waals surface area (Å²) in [5, 5.41) is 18.1. The van der Waals surface area contributed by atoms with Gasteiger partial charge in [-0.15, -0.1) is 12.4 Å². The van der Waals surface area contributed by atoms with Gasteiger partial charge in [0.25, 0.3) is 0 Å². The minimum atomic E-state index is -0.200. The number of hydrazine groups is 1. The van der Waals surface area contributed by atoms with Gasteiger partial charge >= 0.3 is 0 Å². The summed E-state index contributed by atoms with van der Waals surface area (Å²) in [4.78, 5) is 0. The van der Waals surface area contributed by atoms with E-state index >= 15 is 0 Å². The molecule has 1 aliphatic carbocycles. The van der Waals surface area contributed by atoms with Crippen molar-refractivity contribution in [3.05, 3.63) is 34.9 Å². The number of guanidine groups is 2. The monoisotopic (exact) mass is 352 g/mol. The Morgan fingerprint density at radius 2 is 1.79 bits per heavy atom. The van der Waals surface area contributed by atoms with Crippen molar-refractivity contribution in [2.45, 2.75) is 52.0 Å². The Hall–Kier alpha value is -1.95. The first kappa shape index (κ1) is 20.1. The van der Waals surface area contributed by atoms with Gasteiger partial charge in [0.05, 0.1) is 0 Å². The number of halogens is 1. The molecule has 0 aliphatic heterocycles. The fourth-order valence-electron chi connectivity index (χ4n) is 3.02. The fraction of sp³-hybridized carbons (Fsp3) is 0.529. The zero-order valence-corrected chi connectivity index (χ0v) is 15.2. The van der Waals surface area contributed by atoms with Crippen molar-refractivity contribution in [3.8, 4) is 0 Å². The summed E-state index contributed by atoms with van der Waals surface area (Å²) >= 11 is 0. The van der Waals surface area contributed by atoms with E-state index in [1.807, 2.05) is 0 Å². The molecule has 0 saturated heterocycles. The van der Waals surface area contributed by atoms with Crippen molar-refractivity contribution in [1.82, 2.24) is 16.2 Å². The van der Waals surface area contributed by atoms with Crippen molar-refractivity contribution in [1.29, 1.82) is 10.8 Å². The van der Waals surface area contributed by atoms with Crippen LogP contribution in [0.15, 0.2) is 18.2 Å². The smallest absolute Gasteiger partial charge is 0.207 e. The van der Waals surface area contributed by atoms with Crippen LogP contribution in [0.25, 0.3) is 0 Å². The molecule has 24 heavy (non-hydrogen) atoms. The third-order valence-electron chi connectivity index (χ3n) is 4.11. The van der Waals surface area contributed by atoms with Gasteiger partial charge in [-0.05, 0) is 57.4 Å². The van der Waals surface area contributed by atoms with E-state index in [-0.39, 0.29) is 24.3 Å². The predicted molar refractivity (Wildman–Crippen MR) is 102 cm³/mol. The molecule has 0 unspecified atom stereocenters. The lowest BCUT2D eigenvalue weighted by Crippen LogP contribution is -2.52. The van der Waals surface area contributed by atoms with Crippen molar-refractivity contribution in [2.75, 3.05) is 0 Å². The molecule has 7 N–H and O–H groups in total. The van der Waals surface area contributed by atoms with Crippen LogP contribution in [0.2, 0.25) is 0 Å². The standard InChI is InChI=1S/C17H28N6.ClH/c1-11-8-12(2)10-13(9-11)4-3-5-15(14-6-7-14)21-17(20)23-22-16(18)19;/h8-10,14-15H,3-7H2,1-2H3,(H4,18,19,22)(H3,20,21,23);1H/t15-;/m1./s1. The van der Waals surface area contributed by atoms with Crippen LogP contribution in [-0.4, -0.2) is 18.0 Å². The summed E-state index contributed by atoms with van der Waals surface area (Å²) < 4.78 is 0. The van der Waals surface area contributed by atoms with E-state index < -0.39 is 0 Å². The molecular formula is C17H29ClN6. The van der Waals surface area contributed by atoms with Crippen LogP contribution in [0.3, 0.4) is 0 Å². The molecule has 1 fully saturated rings. The highest BCUT2D eigenvalue weighted by molar-refractivity contribution is 5.85. The third-order valence-corrected chi connectivity index (χ3v) is 4.11. The summed E-state index contributed by atoms with van der Waals surface area (Å²) in [6, 6.07) is 7.03. The van der Waals surface area contributed by atoms with Gasteiger partial charge in [-0.25, -0.2) is 0 Å². The number of hydrogen-bond acceptors (Lipinski definition) is 2. The second-order valence-corrected chi connectivity index (χ2v) is 6.52. The molecule has 0 heterocycles. The molecule has 0 spiro atoms. The molecule has 0 amide bonds. The van der Waals surface area contributed by atoms with E-state index in [0.717, 1.165) is 19.3 Å². The molecule has 1 saturated carbocycles. The Bertz CT molecular complexity index is 550. The normalized spacial score (nSPS) is 14.2. The molecule has 0 aromatic heterocycles. The summed E-state index contributed by atoms with van der Waals surface area (Å²) in [6.07, 6.45) is 5.68. The Kier molecular flexibility index (Phi) is 7.85. The van der Waals surface area contributed by atoms with Gasteiger partial charge in [0.2, 0.25) is 11.9 Å². The van der Waals surface area contributed by atoms with E-state index in [2.05, 4.69) is 48.2 Å². The highest BCUT2D eigenvalue weighted by Gasteiger charge is 2.31. The molecular weight excluding hydrogens is 324 g/mol. The van der Waals surface area contributed by atoms with Crippen molar-refractivity contribution >= 4 is 24.3 Å². The van der Waals surface area contributed by atoms with E-state index in [1.165, 1.54) is 29.5 Å². The first-order valence-corrected chi connectivity index (χ1v) is 8.22. The van der Waals surface area contributed by atoms with Crippen LogP contribution in [0.1, 0.15) is 42.4 Å². The number of benzene rings is 1. The van der Waals surface area contributed by atoms with Gasteiger partial charge < -0.3 is 11.1 Å². The lowest BCUT2D eigenvalue weighted by molar-refractivity contribution is 0.477. The average molecular weight is 353 g/mol. The van der Waals surface area contributed by atoms with Crippen LogP contribution < -0.4 is 21.9 Å². The zero-order valence-electron chi connectivity index (χ0n) is 14.4. The van der Waals surface area contributed by atoms with Crippen LogP contribution in [-0.2, 0) is 6.42 Å². The van der Waals surface area contributed by atoms with Crippen LogP contribution in [0.5, 0.6) is 0 Å². The topological polar surface area (TPSA) is 110 Å². The third kappa shape index (κ3) is 7.08. The van der Waals surface area contributed by atoms with E-state index in [1.54, 1.807) is 0 Å². The Labute approximate surface area is 150 Å². The predicted octanol–water partition coefficient (Wildman–Crippen LogP) is 2.34. The summed E-state index contributed by atoms with van der Waals surface area (Å²) in [5.74, 6) is 0.631. The molecule has 0 bridgehead atoms. The number of hydrogen-bond donors (Lipinski definition) is 6. The van der Waals surface area contributed by atoms with Crippen molar-refractivity contribution in [3.63, 3.8) is 0 Å². The first-order valence-electron chi connectivity index (χ1n) is 8.22. The molecule has 134 valence electrons. The second kappa shape index (κ2) is 9.37. The van der Waals surface area contributed by atoms with Crippen molar-refractivity contribution in [2.24, 2.45) is 11.7 Å². The molecule has 1 aromatic carbocycles. The number of aryl methyl sites for hydroxylation is 3. The average Bonchev–Trinajstić information content (AvgIpc) is 3.27. The van der Waals surface area contributed by atoms with Gasteiger partial charge in [0.15, 0.2) is 0 Å². The number of rotatable bonds is 6. The largest absolute Gasteiger partial charge is 0.369 e. The van der Waals surface area contributed by atoms with E-state index in [9.17, 15) is 0 Å². The maximum absolute atomic E-state index is 7.85. The van der Waals surface area contributed by atoms with Crippen LogP contribution >= 0.6 is 12.4 Å². The lowest BCUT2D eigenvalue weighted by Gasteiger charge is -2.20. The Morgan fingerprint density at radius 1 is 1.17 bits per heavy atom. The molecule has 1 atom stereocenters. The summed E-state index contributed by atoms with van der Waals surface area (Å²) in [7, 11) is 0. The summed E-state index contributed by atoms with van der Waals surface area (Å²) in [6.45, 7) is 4.28. The van der Waals surface area contributed by atoms with Crippen LogP contribution in [0, 0.1) is 30.6 Å². The van der Waals surface area contributed by atoms with Crippen LogP contribution in [0.4, 0.5) is 0 Å². The highest BCUT2D eigenvalue weighted by Crippen LogP contribution is 2.34. The minimum absolute atomic E-state index is 0. The first-order chi connectivity index (χ1) is 10.9. The van der Waals surface area contributed by atoms with Gasteiger partial charge in [-0.3, -0.25) is 21.7 Å². The maximum Gasteiger partial charge on any atom is 0.207 e. The summed E-state index contributed by atoms with van der Waals surface area (Å²) in [5.41, 5.74) is 14.2. The molecule has 1 aromatic rings. The molecule has 1 aliphatic rings. The highest BCUT2D eigenvalue weighted by atomic mass is 35.5. The maximum atomic E-state index is 7.85. The molecule has 7 heteroatoms. The van der Waals surface area contributed by atoms with E-state index in [0.29, 0.717) is 12.0 Å². The Balaban J connectivity index is 0.00000288. The van der Waals surface area contributed by atoms with E-state index in [4.69, 9.17) is 16.6 Å². The van der Waals surface area contributed by atoms with Crippen molar-refractivity contribution < 1.29 is 0 Å². The molecule has 0 radical (unpaired) electrons. The fourth-order valence-corrected chi connectivity index (χ4v) is 3.02. The molecule has 6 nitrogen and oxygen atoms in total. The lowest BCUT2D eigenvalue weighted by atomic mass is 9.99. The second-order valence-electron chi connectivity index (χ2n) is 6.52. The van der Waals surface area contributed by atoms with Gasteiger partial charge in [-0.1, -0.05) is 29.3 Å². The van der Waals surface area contributed by atoms with Gasteiger partial charge in [0.1, 0.15) is 0 Å². The SMILES string of the molecule is Cc1cc(C)cc(CCC[C@@H](NC(=N)NNC(=N)N)C2CC2)c1.Cl.